The van der Waals surface area contributed by atoms with Crippen LogP contribution < -0.4 is 5.56 Å². The lowest BCUT2D eigenvalue weighted by molar-refractivity contribution is 0.229. The summed E-state index contributed by atoms with van der Waals surface area (Å²) in [6.45, 7) is 11.3. The first-order chi connectivity index (χ1) is 11.8. The smallest absolute Gasteiger partial charge is 0.277 e. The van der Waals surface area contributed by atoms with E-state index in [9.17, 15) is 4.79 Å². The summed E-state index contributed by atoms with van der Waals surface area (Å²) in [5.41, 5.74) is 5.55. The Hall–Kier alpha value is -2.16. The molecule has 2 aliphatic carbocycles. The van der Waals surface area contributed by atoms with E-state index in [-0.39, 0.29) is 16.4 Å². The zero-order valence-electron chi connectivity index (χ0n) is 15.6. The molecule has 3 heteroatoms. The van der Waals surface area contributed by atoms with Gasteiger partial charge in [0, 0.05) is 33.7 Å². The predicted molar refractivity (Wildman–Crippen MR) is 102 cm³/mol. The standard InChI is InChI=1S/C22H24N2O/c1-12-13(2)24-18-16-10-11-22(5,21(16,3)4)17(18)20(25)23-19(24)15-9-7-6-8-14(12)15/h6-9,16H,10-11H2,1-5H3. The van der Waals surface area contributed by atoms with E-state index in [1.807, 2.05) is 6.07 Å². The van der Waals surface area contributed by atoms with E-state index < -0.39 is 0 Å². The van der Waals surface area contributed by atoms with Crippen molar-refractivity contribution in [2.24, 2.45) is 5.41 Å². The Morgan fingerprint density at radius 1 is 1.12 bits per heavy atom. The van der Waals surface area contributed by atoms with Crippen molar-refractivity contribution in [3.8, 4) is 0 Å². The molecule has 0 saturated heterocycles. The van der Waals surface area contributed by atoms with E-state index in [1.165, 1.54) is 22.3 Å². The van der Waals surface area contributed by atoms with Crippen LogP contribution in [0, 0.1) is 19.3 Å². The SMILES string of the molecule is Cc1c(C)n2c3c(c(=O)nc2c2ccccc12)C1(C)CCC3C1(C)C. The maximum absolute atomic E-state index is 13.1. The number of fused-ring (bicyclic) bond motifs is 9. The average molecular weight is 332 g/mol. The zero-order chi connectivity index (χ0) is 17.7. The van der Waals surface area contributed by atoms with Crippen LogP contribution in [0.15, 0.2) is 29.1 Å². The van der Waals surface area contributed by atoms with Crippen LogP contribution in [0.4, 0.5) is 0 Å². The highest BCUT2D eigenvalue weighted by Gasteiger charge is 2.61. The normalized spacial score (nSPS) is 26.5. The van der Waals surface area contributed by atoms with Crippen LogP contribution in [0.3, 0.4) is 0 Å². The van der Waals surface area contributed by atoms with Crippen molar-refractivity contribution >= 4 is 16.4 Å². The van der Waals surface area contributed by atoms with Gasteiger partial charge in [0.15, 0.2) is 0 Å². The molecule has 0 radical (unpaired) electrons. The largest absolute Gasteiger partial charge is 0.301 e. The van der Waals surface area contributed by atoms with Crippen LogP contribution in [-0.4, -0.2) is 9.38 Å². The van der Waals surface area contributed by atoms with Crippen LogP contribution in [0.25, 0.3) is 16.4 Å². The fraction of sp³-hybridized carbons (Fsp3) is 0.455. The maximum atomic E-state index is 13.1. The predicted octanol–water partition coefficient (Wildman–Crippen LogP) is 4.64. The number of benzene rings is 1. The summed E-state index contributed by atoms with van der Waals surface area (Å²) in [6, 6.07) is 8.32. The Bertz CT molecular complexity index is 1140. The van der Waals surface area contributed by atoms with Gasteiger partial charge in [0.05, 0.1) is 0 Å². The second kappa shape index (κ2) is 4.32. The summed E-state index contributed by atoms with van der Waals surface area (Å²) in [4.78, 5) is 17.7. The monoisotopic (exact) mass is 332 g/mol. The van der Waals surface area contributed by atoms with Gasteiger partial charge in [-0.15, -0.1) is 0 Å². The number of nitrogens with zero attached hydrogens (tertiary/aromatic N) is 2. The van der Waals surface area contributed by atoms with Gasteiger partial charge in [-0.1, -0.05) is 45.0 Å². The fourth-order valence-electron chi connectivity index (χ4n) is 5.70. The molecule has 2 atom stereocenters. The van der Waals surface area contributed by atoms with Gasteiger partial charge in [-0.2, -0.15) is 4.98 Å². The van der Waals surface area contributed by atoms with Gasteiger partial charge in [0.25, 0.3) is 5.56 Å². The Kier molecular flexibility index (Phi) is 2.62. The minimum Gasteiger partial charge on any atom is -0.301 e. The molecule has 1 fully saturated rings. The van der Waals surface area contributed by atoms with E-state index in [0.29, 0.717) is 5.92 Å². The first kappa shape index (κ1) is 15.1. The molecule has 3 nitrogen and oxygen atoms in total. The molecule has 0 N–H and O–H groups in total. The minimum absolute atomic E-state index is 0.0128. The Morgan fingerprint density at radius 2 is 1.80 bits per heavy atom. The Balaban J connectivity index is 2.08. The van der Waals surface area contributed by atoms with Crippen LogP contribution >= 0.6 is 0 Å². The molecule has 0 aliphatic heterocycles. The summed E-state index contributed by atoms with van der Waals surface area (Å²) in [7, 11) is 0. The number of aryl methyl sites for hydroxylation is 2. The third kappa shape index (κ3) is 1.49. The van der Waals surface area contributed by atoms with Crippen molar-refractivity contribution in [3.63, 3.8) is 0 Å². The lowest BCUT2D eigenvalue weighted by atomic mass is 9.69. The minimum atomic E-state index is -0.0652. The maximum Gasteiger partial charge on any atom is 0.277 e. The van der Waals surface area contributed by atoms with Crippen molar-refractivity contribution < 1.29 is 0 Å². The van der Waals surface area contributed by atoms with Gasteiger partial charge in [-0.25, -0.2) is 0 Å². The van der Waals surface area contributed by atoms with Crippen LogP contribution in [-0.2, 0) is 5.41 Å². The molecule has 2 aliphatic rings. The van der Waals surface area contributed by atoms with Crippen molar-refractivity contribution in [3.05, 3.63) is 57.1 Å². The quantitative estimate of drug-likeness (QED) is 0.562. The molecule has 3 aromatic rings. The highest BCUT2D eigenvalue weighted by atomic mass is 16.1. The summed E-state index contributed by atoms with van der Waals surface area (Å²) in [5.74, 6) is 0.426. The molecule has 2 bridgehead atoms. The molecule has 0 spiro atoms. The lowest BCUT2D eigenvalue weighted by Gasteiger charge is -2.34. The Labute approximate surface area is 147 Å². The van der Waals surface area contributed by atoms with Crippen LogP contribution in [0.1, 0.15) is 62.0 Å². The number of pyridine rings is 1. The van der Waals surface area contributed by atoms with Gasteiger partial charge in [-0.3, -0.25) is 4.79 Å². The van der Waals surface area contributed by atoms with Gasteiger partial charge in [-0.05, 0) is 43.1 Å². The number of aromatic nitrogens is 2. The lowest BCUT2D eigenvalue weighted by Crippen LogP contribution is -2.36. The molecule has 5 rings (SSSR count). The third-order valence-electron chi connectivity index (χ3n) is 7.69. The molecule has 1 aromatic carbocycles. The highest BCUT2D eigenvalue weighted by Crippen LogP contribution is 2.66. The second-order valence-electron chi connectivity index (χ2n) is 8.74. The molecule has 1 saturated carbocycles. The molecule has 25 heavy (non-hydrogen) atoms. The van der Waals surface area contributed by atoms with Crippen LogP contribution in [0.5, 0.6) is 0 Å². The number of hydrogen-bond acceptors (Lipinski definition) is 2. The second-order valence-corrected chi connectivity index (χ2v) is 8.74. The van der Waals surface area contributed by atoms with E-state index >= 15 is 0 Å². The zero-order valence-corrected chi connectivity index (χ0v) is 15.6. The first-order valence-electron chi connectivity index (χ1n) is 9.24. The van der Waals surface area contributed by atoms with E-state index in [1.54, 1.807) is 0 Å². The molecule has 128 valence electrons. The van der Waals surface area contributed by atoms with E-state index in [0.717, 1.165) is 29.4 Å². The molecular weight excluding hydrogens is 308 g/mol. The third-order valence-corrected chi connectivity index (χ3v) is 7.69. The van der Waals surface area contributed by atoms with Crippen molar-refractivity contribution in [2.45, 2.75) is 58.8 Å². The highest BCUT2D eigenvalue weighted by molar-refractivity contribution is 5.96. The molecular formula is C22H24N2O. The van der Waals surface area contributed by atoms with Gasteiger partial charge >= 0.3 is 0 Å². The molecule has 2 aromatic heterocycles. The van der Waals surface area contributed by atoms with Gasteiger partial charge in [0.2, 0.25) is 0 Å². The summed E-state index contributed by atoms with van der Waals surface area (Å²) < 4.78 is 2.31. The van der Waals surface area contributed by atoms with Gasteiger partial charge < -0.3 is 4.40 Å². The summed E-state index contributed by atoms with van der Waals surface area (Å²) >= 11 is 0. The Morgan fingerprint density at radius 3 is 2.52 bits per heavy atom. The van der Waals surface area contributed by atoms with Crippen molar-refractivity contribution in [2.75, 3.05) is 0 Å². The van der Waals surface area contributed by atoms with Crippen molar-refractivity contribution in [1.82, 2.24) is 9.38 Å². The summed E-state index contributed by atoms with van der Waals surface area (Å²) in [5, 5.41) is 2.27. The van der Waals surface area contributed by atoms with E-state index in [4.69, 9.17) is 0 Å². The number of hydrogen-bond donors (Lipinski definition) is 0. The van der Waals surface area contributed by atoms with E-state index in [2.05, 4.69) is 62.2 Å². The topological polar surface area (TPSA) is 34.4 Å². The summed E-state index contributed by atoms with van der Waals surface area (Å²) in [6.07, 6.45) is 2.25. The van der Waals surface area contributed by atoms with Gasteiger partial charge in [0.1, 0.15) is 5.65 Å². The van der Waals surface area contributed by atoms with Crippen molar-refractivity contribution in [1.29, 1.82) is 0 Å². The molecule has 2 heterocycles. The number of rotatable bonds is 0. The molecule has 0 amide bonds. The fourth-order valence-corrected chi connectivity index (χ4v) is 5.70. The average Bonchev–Trinajstić information content (AvgIpc) is 2.91. The first-order valence-corrected chi connectivity index (χ1v) is 9.24. The molecule has 2 unspecified atom stereocenters. The van der Waals surface area contributed by atoms with Crippen LogP contribution in [0.2, 0.25) is 0 Å².